The fraction of sp³-hybridized carbons (Fsp3) is 0.417. The molecule has 5 nitrogen and oxygen atoms in total. The van der Waals surface area contributed by atoms with Gasteiger partial charge in [0, 0.05) is 18.7 Å². The summed E-state index contributed by atoms with van der Waals surface area (Å²) in [4.78, 5) is 31.1. The molecule has 0 aliphatic heterocycles. The molecule has 2 aromatic rings. The number of benzene rings is 2. The zero-order valence-electron chi connectivity index (χ0n) is 17.6. The normalized spacial score (nSPS) is 10.8. The molecule has 2 rings (SSSR count). The van der Waals surface area contributed by atoms with Crippen molar-refractivity contribution in [3.8, 4) is 5.75 Å². The topological polar surface area (TPSA) is 55.8 Å². The minimum absolute atomic E-state index is 0.348. The minimum atomic E-state index is -0.650. The van der Waals surface area contributed by atoms with Gasteiger partial charge in [-0.2, -0.15) is 0 Å². The molecule has 29 heavy (non-hydrogen) atoms. The highest BCUT2D eigenvalue weighted by atomic mass is 16.7. The van der Waals surface area contributed by atoms with Gasteiger partial charge in [0.15, 0.2) is 5.75 Å². The first-order valence-corrected chi connectivity index (χ1v) is 10.5. The molecule has 5 heteroatoms. The molecule has 0 saturated heterocycles. The lowest BCUT2D eigenvalue weighted by Gasteiger charge is -2.22. The molecule has 156 valence electrons. The number of hydroxylamine groups is 2. The lowest BCUT2D eigenvalue weighted by Crippen LogP contribution is -2.27. The SMILES string of the molecule is CCCCCCc1c(ON(CC)CC)cccc1C(=O)OC(=O)c1ccccc1. The second kappa shape index (κ2) is 12.0. The summed E-state index contributed by atoms with van der Waals surface area (Å²) in [7, 11) is 0. The highest BCUT2D eigenvalue weighted by molar-refractivity contribution is 6.03. The second-order valence-corrected chi connectivity index (χ2v) is 6.84. The number of carbonyl (C=O) groups excluding carboxylic acids is 2. The van der Waals surface area contributed by atoms with Crippen LogP contribution in [-0.4, -0.2) is 30.1 Å². The van der Waals surface area contributed by atoms with Gasteiger partial charge in [-0.3, -0.25) is 0 Å². The number of esters is 2. The van der Waals surface area contributed by atoms with Crippen molar-refractivity contribution in [3.05, 3.63) is 65.2 Å². The Balaban J connectivity index is 2.25. The van der Waals surface area contributed by atoms with Crippen molar-refractivity contribution < 1.29 is 19.2 Å². The summed E-state index contributed by atoms with van der Waals surface area (Å²) < 4.78 is 5.16. The molecule has 0 saturated carbocycles. The van der Waals surface area contributed by atoms with Crippen molar-refractivity contribution in [2.75, 3.05) is 13.1 Å². The molecule has 0 aliphatic rings. The minimum Gasteiger partial charge on any atom is -0.406 e. The molecule has 0 atom stereocenters. The van der Waals surface area contributed by atoms with Crippen LogP contribution in [0, 0.1) is 0 Å². The molecule has 0 N–H and O–H groups in total. The molecule has 0 heterocycles. The second-order valence-electron chi connectivity index (χ2n) is 6.84. The summed E-state index contributed by atoms with van der Waals surface area (Å²) in [5, 5.41) is 1.83. The van der Waals surface area contributed by atoms with Gasteiger partial charge < -0.3 is 9.57 Å². The van der Waals surface area contributed by atoms with Gasteiger partial charge in [-0.1, -0.05) is 50.5 Å². The van der Waals surface area contributed by atoms with Gasteiger partial charge in [0.25, 0.3) is 0 Å². The van der Waals surface area contributed by atoms with E-state index in [1.54, 1.807) is 42.5 Å². The van der Waals surface area contributed by atoms with Crippen LogP contribution in [0.5, 0.6) is 5.75 Å². The van der Waals surface area contributed by atoms with Crippen LogP contribution in [0.15, 0.2) is 48.5 Å². The molecule has 0 spiro atoms. The van der Waals surface area contributed by atoms with Gasteiger partial charge in [0.05, 0.1) is 11.1 Å². The zero-order chi connectivity index (χ0) is 21.1. The zero-order valence-corrected chi connectivity index (χ0v) is 17.6. The molecule has 0 aliphatic carbocycles. The van der Waals surface area contributed by atoms with Gasteiger partial charge in [0.2, 0.25) is 0 Å². The summed E-state index contributed by atoms with van der Waals surface area (Å²) in [6, 6.07) is 13.9. The molecule has 0 unspecified atom stereocenters. The van der Waals surface area contributed by atoms with Crippen molar-refractivity contribution in [3.63, 3.8) is 0 Å². The number of rotatable bonds is 11. The monoisotopic (exact) mass is 397 g/mol. The fourth-order valence-electron chi connectivity index (χ4n) is 3.09. The van der Waals surface area contributed by atoms with E-state index < -0.39 is 11.9 Å². The van der Waals surface area contributed by atoms with Crippen molar-refractivity contribution >= 4 is 11.9 Å². The Morgan fingerprint density at radius 1 is 0.828 bits per heavy atom. The Hall–Kier alpha value is -2.66. The number of hydrogen-bond donors (Lipinski definition) is 0. The highest BCUT2D eigenvalue weighted by Gasteiger charge is 2.21. The third-order valence-electron chi connectivity index (χ3n) is 4.76. The van der Waals surface area contributed by atoms with Crippen LogP contribution in [0.3, 0.4) is 0 Å². The van der Waals surface area contributed by atoms with Crippen molar-refractivity contribution in [2.24, 2.45) is 0 Å². The number of ether oxygens (including phenoxy) is 1. The van der Waals surface area contributed by atoms with Crippen LogP contribution in [0.4, 0.5) is 0 Å². The van der Waals surface area contributed by atoms with Gasteiger partial charge in [-0.25, -0.2) is 9.59 Å². The fourth-order valence-corrected chi connectivity index (χ4v) is 3.09. The summed E-state index contributed by atoms with van der Waals surface area (Å²) in [5.74, 6) is -0.649. The molecular weight excluding hydrogens is 366 g/mol. The maximum atomic E-state index is 12.8. The van der Waals surface area contributed by atoms with E-state index in [9.17, 15) is 9.59 Å². The van der Waals surface area contributed by atoms with Crippen molar-refractivity contribution in [1.82, 2.24) is 5.06 Å². The first kappa shape index (κ1) is 22.6. The standard InChI is InChI=1S/C24H31NO4/c1-4-7-8-12-16-20-21(17-13-18-22(20)29-25(5-2)6-3)24(27)28-23(26)19-14-10-9-11-15-19/h9-11,13-15,17-18H,4-8,12,16H2,1-3H3. The molecule has 0 amide bonds. The Labute approximate surface area is 173 Å². The lowest BCUT2D eigenvalue weighted by molar-refractivity contribution is -0.0496. The molecule has 0 radical (unpaired) electrons. The van der Waals surface area contributed by atoms with Gasteiger partial charge >= 0.3 is 11.9 Å². The summed E-state index contributed by atoms with van der Waals surface area (Å²) in [6.07, 6.45) is 5.00. The van der Waals surface area contributed by atoms with E-state index in [0.717, 1.165) is 44.3 Å². The quantitative estimate of drug-likeness (QED) is 0.219. The summed E-state index contributed by atoms with van der Waals surface area (Å²) >= 11 is 0. The van der Waals surface area contributed by atoms with Crippen LogP contribution in [-0.2, 0) is 11.2 Å². The van der Waals surface area contributed by atoms with Gasteiger partial charge in [-0.05, 0) is 51.0 Å². The number of carbonyl (C=O) groups is 2. The molecule has 2 aromatic carbocycles. The van der Waals surface area contributed by atoms with Crippen LogP contribution >= 0.6 is 0 Å². The first-order valence-electron chi connectivity index (χ1n) is 10.5. The first-order chi connectivity index (χ1) is 14.1. The van der Waals surface area contributed by atoms with E-state index in [4.69, 9.17) is 9.57 Å². The third kappa shape index (κ3) is 6.71. The van der Waals surface area contributed by atoms with Crippen molar-refractivity contribution in [1.29, 1.82) is 0 Å². The smallest absolute Gasteiger partial charge is 0.346 e. The van der Waals surface area contributed by atoms with E-state index in [-0.39, 0.29) is 0 Å². The molecular formula is C24H31NO4. The van der Waals surface area contributed by atoms with E-state index in [0.29, 0.717) is 23.3 Å². The molecule has 0 aromatic heterocycles. The Bertz CT molecular complexity index is 785. The molecule has 0 bridgehead atoms. The predicted octanol–water partition coefficient (Wildman–Crippen LogP) is 5.44. The molecule has 0 fully saturated rings. The third-order valence-corrected chi connectivity index (χ3v) is 4.76. The number of unbranched alkanes of at least 4 members (excludes halogenated alkanes) is 3. The summed E-state index contributed by atoms with van der Waals surface area (Å²) in [5.41, 5.74) is 1.53. The lowest BCUT2D eigenvalue weighted by atomic mass is 9.99. The van der Waals surface area contributed by atoms with Crippen LogP contribution in [0.25, 0.3) is 0 Å². The Morgan fingerprint density at radius 2 is 1.55 bits per heavy atom. The Morgan fingerprint density at radius 3 is 2.21 bits per heavy atom. The van der Waals surface area contributed by atoms with Crippen molar-refractivity contribution in [2.45, 2.75) is 52.9 Å². The van der Waals surface area contributed by atoms with E-state index in [1.807, 2.05) is 25.0 Å². The number of nitrogens with zero attached hydrogens (tertiary/aromatic N) is 1. The predicted molar refractivity (Wildman–Crippen MR) is 114 cm³/mol. The van der Waals surface area contributed by atoms with Gasteiger partial charge in [0.1, 0.15) is 0 Å². The maximum absolute atomic E-state index is 12.8. The average molecular weight is 398 g/mol. The maximum Gasteiger partial charge on any atom is 0.346 e. The van der Waals surface area contributed by atoms with E-state index >= 15 is 0 Å². The van der Waals surface area contributed by atoms with Crippen LogP contribution < -0.4 is 4.84 Å². The van der Waals surface area contributed by atoms with Crippen LogP contribution in [0.1, 0.15) is 72.7 Å². The van der Waals surface area contributed by atoms with Gasteiger partial charge in [-0.15, -0.1) is 5.06 Å². The van der Waals surface area contributed by atoms with Crippen LogP contribution in [0.2, 0.25) is 0 Å². The summed E-state index contributed by atoms with van der Waals surface area (Å²) in [6.45, 7) is 7.65. The highest BCUT2D eigenvalue weighted by Crippen LogP contribution is 2.27. The van der Waals surface area contributed by atoms with E-state index in [2.05, 4.69) is 6.92 Å². The number of hydrogen-bond acceptors (Lipinski definition) is 5. The van der Waals surface area contributed by atoms with E-state index in [1.165, 1.54) is 0 Å². The Kier molecular flexibility index (Phi) is 9.38. The average Bonchev–Trinajstić information content (AvgIpc) is 2.76. The largest absolute Gasteiger partial charge is 0.406 e.